The summed E-state index contributed by atoms with van der Waals surface area (Å²) in [5.74, 6) is -0.0800. The van der Waals surface area contributed by atoms with E-state index in [1.54, 1.807) is 6.07 Å². The van der Waals surface area contributed by atoms with E-state index in [4.69, 9.17) is 4.74 Å². The minimum absolute atomic E-state index is 0.0660. The monoisotopic (exact) mass is 210 g/mol. The number of aromatic nitrogens is 1. The molecule has 2 rings (SSSR count). The summed E-state index contributed by atoms with van der Waals surface area (Å²) >= 11 is 0. The molecule has 1 aromatic heterocycles. The van der Waals surface area contributed by atoms with Gasteiger partial charge in [-0.05, 0) is 13.8 Å². The zero-order chi connectivity index (χ0) is 10.8. The number of ether oxygens (including phenoxy) is 1. The summed E-state index contributed by atoms with van der Waals surface area (Å²) in [5.41, 5.74) is 0.769. The van der Waals surface area contributed by atoms with E-state index in [-0.39, 0.29) is 11.9 Å². The lowest BCUT2D eigenvalue weighted by atomic mass is 10.2. The van der Waals surface area contributed by atoms with Crippen LogP contribution in [0, 0.1) is 12.7 Å². The highest BCUT2D eigenvalue weighted by atomic mass is 19.1. The molecule has 0 radical (unpaired) electrons. The summed E-state index contributed by atoms with van der Waals surface area (Å²) in [6.45, 7) is 4.70. The topological polar surface area (TPSA) is 34.1 Å². The Bertz CT molecular complexity index is 356. The van der Waals surface area contributed by atoms with Crippen LogP contribution in [0.15, 0.2) is 12.3 Å². The zero-order valence-electron chi connectivity index (χ0n) is 8.96. The van der Waals surface area contributed by atoms with Gasteiger partial charge in [0.1, 0.15) is 6.10 Å². The van der Waals surface area contributed by atoms with Gasteiger partial charge in [0.05, 0.1) is 6.20 Å². The summed E-state index contributed by atoms with van der Waals surface area (Å²) in [7, 11) is 0. The Morgan fingerprint density at radius 2 is 2.40 bits per heavy atom. The molecule has 1 aliphatic rings. The van der Waals surface area contributed by atoms with Crippen LogP contribution in [0.3, 0.4) is 0 Å². The molecule has 1 N–H and O–H groups in total. The van der Waals surface area contributed by atoms with Crippen molar-refractivity contribution in [2.24, 2.45) is 0 Å². The van der Waals surface area contributed by atoms with E-state index in [9.17, 15) is 4.39 Å². The molecule has 2 heterocycles. The van der Waals surface area contributed by atoms with Gasteiger partial charge in [-0.3, -0.25) is 4.98 Å². The number of aryl methyl sites for hydroxylation is 1. The number of nitrogens with one attached hydrogen (secondary N) is 1. The molecule has 0 aromatic carbocycles. The van der Waals surface area contributed by atoms with E-state index in [1.807, 2.05) is 6.92 Å². The van der Waals surface area contributed by atoms with Gasteiger partial charge in [0.2, 0.25) is 0 Å². The Kier molecular flexibility index (Phi) is 2.86. The normalized spacial score (nSPS) is 25.5. The van der Waals surface area contributed by atoms with Crippen LogP contribution in [0.4, 0.5) is 4.39 Å². The van der Waals surface area contributed by atoms with Gasteiger partial charge >= 0.3 is 0 Å². The summed E-state index contributed by atoms with van der Waals surface area (Å²) in [4.78, 5) is 3.86. The third kappa shape index (κ3) is 2.45. The highest BCUT2D eigenvalue weighted by Gasteiger charge is 2.23. The van der Waals surface area contributed by atoms with E-state index in [2.05, 4.69) is 17.2 Å². The molecule has 0 amide bonds. The second-order valence-electron chi connectivity index (χ2n) is 4.04. The van der Waals surface area contributed by atoms with Crippen molar-refractivity contribution in [1.82, 2.24) is 10.3 Å². The molecule has 0 aliphatic carbocycles. The van der Waals surface area contributed by atoms with E-state index < -0.39 is 0 Å². The molecule has 1 fully saturated rings. The van der Waals surface area contributed by atoms with Gasteiger partial charge < -0.3 is 10.1 Å². The summed E-state index contributed by atoms with van der Waals surface area (Å²) in [6.07, 6.45) is 2.19. The largest absolute Gasteiger partial charge is 0.486 e. The first kappa shape index (κ1) is 10.4. The lowest BCUT2D eigenvalue weighted by molar-refractivity contribution is 0.210. The molecule has 3 nitrogen and oxygen atoms in total. The average molecular weight is 210 g/mol. The Labute approximate surface area is 88.7 Å². The second-order valence-corrected chi connectivity index (χ2v) is 4.04. The summed E-state index contributed by atoms with van der Waals surface area (Å²) in [6, 6.07) is 2.08. The molecule has 2 atom stereocenters. The van der Waals surface area contributed by atoms with Crippen molar-refractivity contribution >= 4 is 0 Å². The predicted octanol–water partition coefficient (Wildman–Crippen LogP) is 1.66. The van der Waals surface area contributed by atoms with Crippen molar-refractivity contribution < 1.29 is 9.13 Å². The number of pyridine rings is 1. The maximum Gasteiger partial charge on any atom is 0.183 e. The van der Waals surface area contributed by atoms with Crippen LogP contribution in [0.25, 0.3) is 0 Å². The number of halogens is 1. The third-order valence-corrected chi connectivity index (χ3v) is 2.56. The lowest BCUT2D eigenvalue weighted by Gasteiger charge is -2.13. The minimum Gasteiger partial charge on any atom is -0.486 e. The molecule has 82 valence electrons. The fraction of sp³-hybridized carbons (Fsp3) is 0.545. The van der Waals surface area contributed by atoms with Gasteiger partial charge in [-0.15, -0.1) is 0 Å². The molecule has 0 saturated carbocycles. The van der Waals surface area contributed by atoms with E-state index in [0.717, 1.165) is 18.7 Å². The van der Waals surface area contributed by atoms with Crippen molar-refractivity contribution in [1.29, 1.82) is 0 Å². The summed E-state index contributed by atoms with van der Waals surface area (Å²) in [5, 5.41) is 3.26. The molecule has 4 heteroatoms. The first-order valence-electron chi connectivity index (χ1n) is 5.17. The maximum atomic E-state index is 13.3. The van der Waals surface area contributed by atoms with Gasteiger partial charge in [0.15, 0.2) is 11.6 Å². The van der Waals surface area contributed by atoms with E-state index >= 15 is 0 Å². The van der Waals surface area contributed by atoms with Gasteiger partial charge in [-0.1, -0.05) is 0 Å². The molecular formula is C11H15FN2O. The zero-order valence-corrected chi connectivity index (χ0v) is 8.96. The fourth-order valence-electron chi connectivity index (χ4n) is 1.77. The van der Waals surface area contributed by atoms with E-state index in [0.29, 0.717) is 11.8 Å². The smallest absolute Gasteiger partial charge is 0.183 e. The van der Waals surface area contributed by atoms with Crippen LogP contribution in [-0.2, 0) is 0 Å². The van der Waals surface area contributed by atoms with Gasteiger partial charge in [0.25, 0.3) is 0 Å². The number of hydrogen-bond acceptors (Lipinski definition) is 3. The summed E-state index contributed by atoms with van der Waals surface area (Å²) < 4.78 is 18.9. The predicted molar refractivity (Wildman–Crippen MR) is 55.4 cm³/mol. The number of rotatable bonds is 2. The third-order valence-electron chi connectivity index (χ3n) is 2.56. The Morgan fingerprint density at radius 3 is 3.07 bits per heavy atom. The van der Waals surface area contributed by atoms with Gasteiger partial charge in [0, 0.05) is 30.8 Å². The van der Waals surface area contributed by atoms with Crippen LogP contribution in [0.1, 0.15) is 19.0 Å². The van der Waals surface area contributed by atoms with E-state index in [1.165, 1.54) is 6.20 Å². The van der Waals surface area contributed by atoms with Crippen molar-refractivity contribution in [3.63, 3.8) is 0 Å². The van der Waals surface area contributed by atoms with Crippen LogP contribution >= 0.6 is 0 Å². The van der Waals surface area contributed by atoms with Crippen LogP contribution in [0.5, 0.6) is 5.75 Å². The highest BCUT2D eigenvalue weighted by molar-refractivity contribution is 5.24. The van der Waals surface area contributed by atoms with Crippen LogP contribution in [0.2, 0.25) is 0 Å². The quantitative estimate of drug-likeness (QED) is 0.806. The molecule has 0 unspecified atom stereocenters. The maximum absolute atomic E-state index is 13.3. The van der Waals surface area contributed by atoms with Crippen LogP contribution < -0.4 is 10.1 Å². The molecular weight excluding hydrogens is 195 g/mol. The van der Waals surface area contributed by atoms with Gasteiger partial charge in [-0.25, -0.2) is 4.39 Å². The Morgan fingerprint density at radius 1 is 1.60 bits per heavy atom. The second kappa shape index (κ2) is 4.14. The fourth-order valence-corrected chi connectivity index (χ4v) is 1.77. The standard InChI is InChI=1S/C11H15FN2O/c1-7-3-9(5-13-7)15-11-4-8(2)14-6-10(11)12/h4,6-7,9,13H,3,5H2,1-2H3/t7-,9+/m0/s1. The van der Waals surface area contributed by atoms with Crippen molar-refractivity contribution in [2.45, 2.75) is 32.4 Å². The van der Waals surface area contributed by atoms with Crippen molar-refractivity contribution in [3.05, 3.63) is 23.8 Å². The van der Waals surface area contributed by atoms with Crippen molar-refractivity contribution in [2.75, 3.05) is 6.54 Å². The molecule has 1 aliphatic heterocycles. The molecule has 1 aromatic rings. The van der Waals surface area contributed by atoms with Crippen molar-refractivity contribution in [3.8, 4) is 5.75 Å². The highest BCUT2D eigenvalue weighted by Crippen LogP contribution is 2.20. The van der Waals surface area contributed by atoms with Crippen LogP contribution in [-0.4, -0.2) is 23.7 Å². The Balaban J connectivity index is 2.07. The lowest BCUT2D eigenvalue weighted by Crippen LogP contribution is -2.21. The number of nitrogens with zero attached hydrogens (tertiary/aromatic N) is 1. The average Bonchev–Trinajstić information content (AvgIpc) is 2.58. The first-order valence-corrected chi connectivity index (χ1v) is 5.17. The molecule has 1 saturated heterocycles. The first-order chi connectivity index (χ1) is 7.15. The molecule has 0 spiro atoms. The minimum atomic E-state index is -0.389. The molecule has 15 heavy (non-hydrogen) atoms. The number of hydrogen-bond donors (Lipinski definition) is 1. The molecule has 0 bridgehead atoms. The SMILES string of the molecule is Cc1cc(O[C@H]2CN[C@@H](C)C2)c(F)cn1. The Hall–Kier alpha value is -1.16. The van der Waals surface area contributed by atoms with Gasteiger partial charge in [-0.2, -0.15) is 0 Å².